The summed E-state index contributed by atoms with van der Waals surface area (Å²) in [6, 6.07) is 2.98. The normalized spacial score (nSPS) is 21.9. The van der Waals surface area contributed by atoms with Crippen LogP contribution in [0.2, 0.25) is 0 Å². The maximum absolute atomic E-state index is 14.0. The molecule has 0 saturated carbocycles. The predicted octanol–water partition coefficient (Wildman–Crippen LogP) is 2.61. The summed E-state index contributed by atoms with van der Waals surface area (Å²) in [6.45, 7) is 2.70. The fraction of sp³-hybridized carbons (Fsp3) is 0.500. The van der Waals surface area contributed by atoms with E-state index in [0.717, 1.165) is 18.6 Å². The molecule has 124 valence electrons. The first-order valence-corrected chi connectivity index (χ1v) is 7.75. The number of benzene rings is 1. The molecule has 0 aliphatic carbocycles. The average Bonchev–Trinajstić information content (AvgIpc) is 3.09. The van der Waals surface area contributed by atoms with Crippen molar-refractivity contribution >= 4 is 0 Å². The minimum atomic E-state index is -0.593. The van der Waals surface area contributed by atoms with Crippen LogP contribution >= 0.6 is 0 Å². The lowest BCUT2D eigenvalue weighted by atomic mass is 10.0. The number of aryl methyl sites for hydroxylation is 1. The highest BCUT2D eigenvalue weighted by atomic mass is 19.1. The number of aliphatic hydroxyl groups excluding tert-OH is 1. The van der Waals surface area contributed by atoms with Crippen LogP contribution < -0.4 is 0 Å². The molecule has 1 N–H and O–H groups in total. The van der Waals surface area contributed by atoms with Crippen molar-refractivity contribution in [3.8, 4) is 0 Å². The van der Waals surface area contributed by atoms with Crippen LogP contribution in [0.4, 0.5) is 8.78 Å². The van der Waals surface area contributed by atoms with Gasteiger partial charge in [-0.2, -0.15) is 4.98 Å². The fourth-order valence-corrected chi connectivity index (χ4v) is 3.00. The van der Waals surface area contributed by atoms with Crippen LogP contribution in [0.5, 0.6) is 0 Å². The van der Waals surface area contributed by atoms with Crippen LogP contribution in [0.3, 0.4) is 0 Å². The topological polar surface area (TPSA) is 62.4 Å². The third-order valence-electron chi connectivity index (χ3n) is 4.02. The third kappa shape index (κ3) is 3.56. The lowest BCUT2D eigenvalue weighted by molar-refractivity contribution is 0.170. The number of rotatable bonds is 5. The van der Waals surface area contributed by atoms with E-state index in [1.165, 1.54) is 6.07 Å². The van der Waals surface area contributed by atoms with Crippen LogP contribution in [0.1, 0.15) is 43.1 Å². The maximum Gasteiger partial charge on any atom is 0.226 e. The molecule has 0 amide bonds. The summed E-state index contributed by atoms with van der Waals surface area (Å²) in [4.78, 5) is 6.14. The Balaban J connectivity index is 1.80. The summed E-state index contributed by atoms with van der Waals surface area (Å²) < 4.78 is 32.6. The number of aromatic nitrogens is 2. The van der Waals surface area contributed by atoms with Gasteiger partial charge in [-0.25, -0.2) is 8.78 Å². The Labute approximate surface area is 132 Å². The van der Waals surface area contributed by atoms with Gasteiger partial charge in [0.2, 0.25) is 5.89 Å². The monoisotopic (exact) mass is 323 g/mol. The second-order valence-electron chi connectivity index (χ2n) is 5.85. The Morgan fingerprint density at radius 2 is 2.22 bits per heavy atom. The molecule has 0 bridgehead atoms. The van der Waals surface area contributed by atoms with Crippen molar-refractivity contribution in [1.82, 2.24) is 15.0 Å². The minimum Gasteiger partial charge on any atom is -0.392 e. The summed E-state index contributed by atoms with van der Waals surface area (Å²) in [5.74, 6) is 0.0860. The second-order valence-corrected chi connectivity index (χ2v) is 5.85. The van der Waals surface area contributed by atoms with E-state index in [1.54, 1.807) is 0 Å². The third-order valence-corrected chi connectivity index (χ3v) is 4.02. The fourth-order valence-electron chi connectivity index (χ4n) is 3.00. The van der Waals surface area contributed by atoms with Crippen LogP contribution in [0.15, 0.2) is 22.7 Å². The van der Waals surface area contributed by atoms with Gasteiger partial charge in [-0.15, -0.1) is 0 Å². The number of hydrogen-bond acceptors (Lipinski definition) is 5. The first-order valence-electron chi connectivity index (χ1n) is 7.75. The van der Waals surface area contributed by atoms with E-state index >= 15 is 0 Å². The Morgan fingerprint density at radius 3 is 3.00 bits per heavy atom. The van der Waals surface area contributed by atoms with E-state index in [9.17, 15) is 13.9 Å². The Kier molecular flexibility index (Phi) is 4.68. The molecule has 1 aromatic carbocycles. The number of likely N-dealkylation sites (tertiary alicyclic amines) is 1. The van der Waals surface area contributed by atoms with Crippen molar-refractivity contribution in [3.63, 3.8) is 0 Å². The van der Waals surface area contributed by atoms with Crippen LogP contribution in [0, 0.1) is 11.6 Å². The summed E-state index contributed by atoms with van der Waals surface area (Å²) in [6.07, 6.45) is 1.36. The molecule has 1 saturated heterocycles. The molecule has 0 radical (unpaired) electrons. The second kappa shape index (κ2) is 6.72. The van der Waals surface area contributed by atoms with E-state index in [1.807, 2.05) is 11.8 Å². The Morgan fingerprint density at radius 1 is 1.39 bits per heavy atom. The molecule has 2 atom stereocenters. The highest BCUT2D eigenvalue weighted by Gasteiger charge is 2.34. The molecule has 2 aromatic rings. The SMILES string of the molecule is CCCc1nc(CN2C[C@@H](O)C[C@@H]2c2cc(F)ccc2F)no1. The zero-order valence-electron chi connectivity index (χ0n) is 12.9. The molecular formula is C16H19F2N3O2. The summed E-state index contributed by atoms with van der Waals surface area (Å²) in [7, 11) is 0. The smallest absolute Gasteiger partial charge is 0.226 e. The van der Waals surface area contributed by atoms with E-state index in [4.69, 9.17) is 4.52 Å². The van der Waals surface area contributed by atoms with Crippen LogP contribution in [-0.4, -0.2) is 32.8 Å². The first-order chi connectivity index (χ1) is 11.1. The Hall–Kier alpha value is -1.86. The lowest BCUT2D eigenvalue weighted by Crippen LogP contribution is -2.25. The van der Waals surface area contributed by atoms with Gasteiger partial charge in [-0.3, -0.25) is 4.90 Å². The van der Waals surface area contributed by atoms with Gasteiger partial charge < -0.3 is 9.63 Å². The molecule has 0 spiro atoms. The van der Waals surface area contributed by atoms with E-state index in [2.05, 4.69) is 10.1 Å². The van der Waals surface area contributed by atoms with Crippen LogP contribution in [-0.2, 0) is 13.0 Å². The van der Waals surface area contributed by atoms with Crippen molar-refractivity contribution in [3.05, 3.63) is 47.1 Å². The number of hydrogen-bond donors (Lipinski definition) is 1. The molecule has 3 rings (SSSR count). The maximum atomic E-state index is 14.0. The quantitative estimate of drug-likeness (QED) is 0.916. The van der Waals surface area contributed by atoms with Gasteiger partial charge >= 0.3 is 0 Å². The number of β-amino-alcohol motifs (C(OH)–C–C–N with tert-alkyl or cyclic N) is 1. The van der Waals surface area contributed by atoms with Gasteiger partial charge in [-0.1, -0.05) is 12.1 Å². The summed E-state index contributed by atoms with van der Waals surface area (Å²) in [5.41, 5.74) is 0.249. The number of halogens is 2. The summed E-state index contributed by atoms with van der Waals surface area (Å²) in [5, 5.41) is 13.9. The van der Waals surface area contributed by atoms with E-state index < -0.39 is 23.8 Å². The highest BCUT2D eigenvalue weighted by molar-refractivity contribution is 5.24. The molecule has 0 unspecified atom stereocenters. The zero-order valence-corrected chi connectivity index (χ0v) is 12.9. The van der Waals surface area contributed by atoms with Gasteiger partial charge in [0.05, 0.1) is 12.6 Å². The molecule has 7 heteroatoms. The van der Waals surface area contributed by atoms with Crippen molar-refractivity contribution in [1.29, 1.82) is 0 Å². The molecular weight excluding hydrogens is 304 g/mol. The first kappa shape index (κ1) is 16.0. The van der Waals surface area contributed by atoms with E-state index in [0.29, 0.717) is 37.6 Å². The van der Waals surface area contributed by atoms with Crippen LogP contribution in [0.25, 0.3) is 0 Å². The lowest BCUT2D eigenvalue weighted by Gasteiger charge is -2.23. The Bertz CT molecular complexity index is 677. The molecule has 5 nitrogen and oxygen atoms in total. The van der Waals surface area contributed by atoms with Gasteiger partial charge in [0.1, 0.15) is 11.6 Å². The van der Waals surface area contributed by atoms with Gasteiger partial charge in [0.25, 0.3) is 0 Å². The molecule has 1 aliphatic rings. The van der Waals surface area contributed by atoms with Crippen molar-refractivity contribution < 1.29 is 18.4 Å². The average molecular weight is 323 g/mol. The molecule has 2 heterocycles. The van der Waals surface area contributed by atoms with Gasteiger partial charge in [-0.05, 0) is 31.0 Å². The number of aliphatic hydroxyl groups is 1. The molecule has 1 aliphatic heterocycles. The molecule has 23 heavy (non-hydrogen) atoms. The number of nitrogens with zero attached hydrogens (tertiary/aromatic N) is 3. The predicted molar refractivity (Wildman–Crippen MR) is 78.4 cm³/mol. The van der Waals surface area contributed by atoms with Crippen molar-refractivity contribution in [2.24, 2.45) is 0 Å². The van der Waals surface area contributed by atoms with E-state index in [-0.39, 0.29) is 5.56 Å². The van der Waals surface area contributed by atoms with Crippen molar-refractivity contribution in [2.45, 2.75) is 44.9 Å². The zero-order chi connectivity index (χ0) is 16.4. The largest absolute Gasteiger partial charge is 0.392 e. The van der Waals surface area contributed by atoms with Crippen molar-refractivity contribution in [2.75, 3.05) is 6.54 Å². The summed E-state index contributed by atoms with van der Waals surface area (Å²) >= 11 is 0. The van der Waals surface area contributed by atoms with Gasteiger partial charge in [0.15, 0.2) is 5.82 Å². The standard InChI is InChI=1S/C16H19F2N3O2/c1-2-3-16-19-15(20-23-16)9-21-8-11(22)7-14(21)12-6-10(17)4-5-13(12)18/h4-6,11,14,22H,2-3,7-9H2,1H3/t11-,14+/m0/s1. The minimum absolute atomic E-state index is 0.249. The van der Waals surface area contributed by atoms with Gasteiger partial charge in [0, 0.05) is 24.6 Å². The highest BCUT2D eigenvalue weighted by Crippen LogP contribution is 2.34. The molecule has 1 aromatic heterocycles. The molecule has 1 fully saturated rings.